The molecule has 0 amide bonds. The summed E-state index contributed by atoms with van der Waals surface area (Å²) in [6, 6.07) is 1.98. The summed E-state index contributed by atoms with van der Waals surface area (Å²) in [5, 5.41) is 11.3. The predicted molar refractivity (Wildman–Crippen MR) is 49.8 cm³/mol. The van der Waals surface area contributed by atoms with Crippen LogP contribution < -0.4 is 5.06 Å². The van der Waals surface area contributed by atoms with Crippen LogP contribution >= 0.6 is 22.9 Å². The van der Waals surface area contributed by atoms with E-state index < -0.39 is 0 Å². The Morgan fingerprint density at radius 1 is 1.69 bits per heavy atom. The highest BCUT2D eigenvalue weighted by molar-refractivity contribution is 7.16. The van der Waals surface area contributed by atoms with Gasteiger partial charge < -0.3 is 0 Å². The summed E-state index contributed by atoms with van der Waals surface area (Å²) >= 11 is 6.97. The van der Waals surface area contributed by atoms with Crippen LogP contribution in [0.5, 0.6) is 0 Å². The summed E-state index contributed by atoms with van der Waals surface area (Å²) in [5.74, 6) is 0. The number of aromatic nitrogens is 1. The van der Waals surface area contributed by atoms with Crippen molar-refractivity contribution in [2.45, 2.75) is 6.42 Å². The lowest BCUT2D eigenvalue weighted by atomic mass is 10.5. The van der Waals surface area contributed by atoms with E-state index in [0.29, 0.717) is 16.6 Å². The van der Waals surface area contributed by atoms with Gasteiger partial charge in [-0.1, -0.05) is 22.9 Å². The Hall–Kier alpha value is -0.830. The van der Waals surface area contributed by atoms with Crippen LogP contribution in [0.1, 0.15) is 11.3 Å². The monoisotopic (exact) mass is 215 g/mol. The minimum atomic E-state index is 0.262. The van der Waals surface area contributed by atoms with Crippen molar-refractivity contribution >= 4 is 28.1 Å². The Kier molecular flexibility index (Phi) is 2.36. The standard InChI is InChI=1S/C7H6ClN3OS/c8-6-5(4-9)13-7(10-6)11-2-1-3-12-11/h1-3H2. The maximum Gasteiger partial charge on any atom is 0.212 e. The highest BCUT2D eigenvalue weighted by atomic mass is 35.5. The maximum absolute atomic E-state index is 8.65. The number of rotatable bonds is 1. The van der Waals surface area contributed by atoms with Crippen molar-refractivity contribution in [3.63, 3.8) is 0 Å². The number of hydroxylamine groups is 1. The summed E-state index contributed by atoms with van der Waals surface area (Å²) in [7, 11) is 0. The van der Waals surface area contributed by atoms with Crippen LogP contribution in [0.4, 0.5) is 5.13 Å². The van der Waals surface area contributed by atoms with Crippen LogP contribution in [0, 0.1) is 11.3 Å². The Balaban J connectivity index is 2.26. The molecule has 1 aliphatic heterocycles. The summed E-state index contributed by atoms with van der Waals surface area (Å²) in [5.41, 5.74) is 0. The van der Waals surface area contributed by atoms with Gasteiger partial charge in [0.05, 0.1) is 13.2 Å². The van der Waals surface area contributed by atoms with Crippen LogP contribution in [0.3, 0.4) is 0 Å². The van der Waals surface area contributed by atoms with Gasteiger partial charge in [0.25, 0.3) is 0 Å². The lowest BCUT2D eigenvalue weighted by Crippen LogP contribution is -2.15. The van der Waals surface area contributed by atoms with Crippen molar-refractivity contribution in [1.82, 2.24) is 4.98 Å². The van der Waals surface area contributed by atoms with E-state index in [1.165, 1.54) is 11.3 Å². The van der Waals surface area contributed by atoms with Crippen LogP contribution in [0.25, 0.3) is 0 Å². The SMILES string of the molecule is N#Cc1sc(N2CCCO2)nc1Cl. The smallest absolute Gasteiger partial charge is 0.212 e. The van der Waals surface area contributed by atoms with E-state index in [2.05, 4.69) is 4.98 Å². The van der Waals surface area contributed by atoms with E-state index in [9.17, 15) is 0 Å². The molecule has 13 heavy (non-hydrogen) atoms. The second-order valence-electron chi connectivity index (χ2n) is 2.52. The first-order valence-corrected chi connectivity index (χ1v) is 4.97. The number of hydrogen-bond acceptors (Lipinski definition) is 5. The molecule has 0 aromatic carbocycles. The highest BCUT2D eigenvalue weighted by Crippen LogP contribution is 2.30. The Morgan fingerprint density at radius 3 is 3.08 bits per heavy atom. The predicted octanol–water partition coefficient (Wildman–Crippen LogP) is 1.81. The lowest BCUT2D eigenvalue weighted by molar-refractivity contribution is 0.168. The third kappa shape index (κ3) is 1.61. The van der Waals surface area contributed by atoms with Crippen molar-refractivity contribution in [2.75, 3.05) is 18.2 Å². The highest BCUT2D eigenvalue weighted by Gasteiger charge is 2.19. The molecule has 1 fully saturated rings. The van der Waals surface area contributed by atoms with E-state index in [1.54, 1.807) is 5.06 Å². The third-order valence-electron chi connectivity index (χ3n) is 1.64. The largest absolute Gasteiger partial charge is 0.271 e. The Morgan fingerprint density at radius 2 is 2.54 bits per heavy atom. The molecule has 0 radical (unpaired) electrons. The quantitative estimate of drug-likeness (QED) is 0.717. The molecule has 68 valence electrons. The average Bonchev–Trinajstić information content (AvgIpc) is 2.71. The van der Waals surface area contributed by atoms with E-state index in [-0.39, 0.29) is 5.15 Å². The van der Waals surface area contributed by atoms with Crippen molar-refractivity contribution in [1.29, 1.82) is 5.26 Å². The number of halogens is 1. The molecule has 1 saturated heterocycles. The van der Waals surface area contributed by atoms with Crippen molar-refractivity contribution in [3.8, 4) is 6.07 Å². The summed E-state index contributed by atoms with van der Waals surface area (Å²) in [4.78, 5) is 9.73. The van der Waals surface area contributed by atoms with Gasteiger partial charge in [-0.25, -0.2) is 10.0 Å². The van der Waals surface area contributed by atoms with Gasteiger partial charge in [0.1, 0.15) is 10.9 Å². The normalized spacial score (nSPS) is 16.2. The first-order chi connectivity index (χ1) is 6.31. The van der Waals surface area contributed by atoms with Gasteiger partial charge >= 0.3 is 0 Å². The molecule has 0 spiro atoms. The van der Waals surface area contributed by atoms with E-state index in [4.69, 9.17) is 21.7 Å². The minimum absolute atomic E-state index is 0.262. The Bertz CT molecular complexity index is 353. The topological polar surface area (TPSA) is 49.2 Å². The fraction of sp³-hybridized carbons (Fsp3) is 0.429. The molecule has 0 unspecified atom stereocenters. The van der Waals surface area contributed by atoms with Gasteiger partial charge in [0, 0.05) is 0 Å². The maximum atomic E-state index is 8.65. The zero-order valence-electron chi connectivity index (χ0n) is 6.66. The van der Waals surface area contributed by atoms with Crippen LogP contribution in [-0.4, -0.2) is 18.1 Å². The van der Waals surface area contributed by atoms with Crippen LogP contribution in [0.2, 0.25) is 5.15 Å². The molecular weight excluding hydrogens is 210 g/mol. The Labute approximate surface area is 84.3 Å². The molecule has 1 aliphatic rings. The molecule has 0 aliphatic carbocycles. The molecule has 0 saturated carbocycles. The van der Waals surface area contributed by atoms with Gasteiger partial charge in [0.2, 0.25) is 5.13 Å². The molecule has 2 rings (SSSR count). The first-order valence-electron chi connectivity index (χ1n) is 3.78. The molecule has 6 heteroatoms. The van der Waals surface area contributed by atoms with Crippen LogP contribution in [-0.2, 0) is 4.84 Å². The summed E-state index contributed by atoms with van der Waals surface area (Å²) in [6.45, 7) is 1.52. The van der Waals surface area contributed by atoms with Gasteiger partial charge in [0.15, 0.2) is 5.15 Å². The van der Waals surface area contributed by atoms with Crippen molar-refractivity contribution in [3.05, 3.63) is 10.0 Å². The molecular formula is C7H6ClN3OS. The molecule has 0 N–H and O–H groups in total. The van der Waals surface area contributed by atoms with Crippen molar-refractivity contribution < 1.29 is 4.84 Å². The molecule has 0 atom stereocenters. The number of hydrogen-bond donors (Lipinski definition) is 0. The summed E-state index contributed by atoms with van der Waals surface area (Å²) < 4.78 is 0. The lowest BCUT2D eigenvalue weighted by Gasteiger charge is -2.10. The van der Waals surface area contributed by atoms with Gasteiger partial charge in [-0.2, -0.15) is 5.26 Å². The fourth-order valence-corrected chi connectivity index (χ4v) is 2.09. The van der Waals surface area contributed by atoms with Gasteiger partial charge in [-0.05, 0) is 6.42 Å². The van der Waals surface area contributed by atoms with Crippen molar-refractivity contribution in [2.24, 2.45) is 0 Å². The second kappa shape index (κ2) is 3.50. The molecule has 4 nitrogen and oxygen atoms in total. The van der Waals surface area contributed by atoms with E-state index in [0.717, 1.165) is 13.0 Å². The average molecular weight is 216 g/mol. The van der Waals surface area contributed by atoms with Gasteiger partial charge in [-0.15, -0.1) is 0 Å². The number of anilines is 1. The number of thiazole rings is 1. The van der Waals surface area contributed by atoms with Gasteiger partial charge in [-0.3, -0.25) is 4.84 Å². The van der Waals surface area contributed by atoms with E-state index in [1.807, 2.05) is 6.07 Å². The molecule has 1 aromatic rings. The third-order valence-corrected chi connectivity index (χ3v) is 2.99. The minimum Gasteiger partial charge on any atom is -0.271 e. The zero-order valence-corrected chi connectivity index (χ0v) is 8.23. The fourth-order valence-electron chi connectivity index (χ4n) is 1.06. The molecule has 2 heterocycles. The number of nitriles is 1. The molecule has 1 aromatic heterocycles. The number of nitrogens with zero attached hydrogens (tertiary/aromatic N) is 3. The molecule has 0 bridgehead atoms. The second-order valence-corrected chi connectivity index (χ2v) is 3.85. The zero-order chi connectivity index (χ0) is 9.26. The first kappa shape index (κ1) is 8.75. The van der Waals surface area contributed by atoms with Crippen LogP contribution in [0.15, 0.2) is 0 Å². The summed E-state index contributed by atoms with van der Waals surface area (Å²) in [6.07, 6.45) is 0.985. The van der Waals surface area contributed by atoms with E-state index >= 15 is 0 Å².